The fourth-order valence-corrected chi connectivity index (χ4v) is 3.19. The highest BCUT2D eigenvalue weighted by atomic mass is 35.5. The highest BCUT2D eigenvalue weighted by Gasteiger charge is 2.26. The summed E-state index contributed by atoms with van der Waals surface area (Å²) in [5.74, 6) is 0.595. The van der Waals surface area contributed by atoms with Gasteiger partial charge in [-0.1, -0.05) is 25.4 Å². The molecule has 1 aliphatic heterocycles. The Morgan fingerprint density at radius 1 is 1.35 bits per heavy atom. The van der Waals surface area contributed by atoms with Crippen LogP contribution in [0.25, 0.3) is 10.9 Å². The van der Waals surface area contributed by atoms with Gasteiger partial charge in [-0.2, -0.15) is 0 Å². The number of halogens is 1. The summed E-state index contributed by atoms with van der Waals surface area (Å²) in [6.07, 6.45) is 1.84. The summed E-state index contributed by atoms with van der Waals surface area (Å²) in [6, 6.07) is 8.57. The molecule has 0 radical (unpaired) electrons. The van der Waals surface area contributed by atoms with Crippen molar-refractivity contribution in [2.45, 2.75) is 19.9 Å². The van der Waals surface area contributed by atoms with E-state index in [4.69, 9.17) is 11.6 Å². The highest BCUT2D eigenvalue weighted by molar-refractivity contribution is 6.35. The summed E-state index contributed by atoms with van der Waals surface area (Å²) < 4.78 is 0. The molecule has 2 aromatic rings. The van der Waals surface area contributed by atoms with Gasteiger partial charge in [0.05, 0.1) is 16.2 Å². The van der Waals surface area contributed by atoms with Crippen LogP contribution in [0.2, 0.25) is 5.02 Å². The summed E-state index contributed by atoms with van der Waals surface area (Å²) in [7, 11) is 0. The van der Waals surface area contributed by atoms with E-state index in [1.54, 1.807) is 0 Å². The molecule has 0 amide bonds. The van der Waals surface area contributed by atoms with Gasteiger partial charge in [0.1, 0.15) is 0 Å². The third-order valence-electron chi connectivity index (χ3n) is 4.06. The molecule has 1 N–H and O–H groups in total. The smallest absolute Gasteiger partial charge is 0.0950 e. The monoisotopic (exact) mass is 289 g/mol. The maximum atomic E-state index is 6.30. The number of fused-ring (bicyclic) bond motifs is 1. The first-order valence-corrected chi connectivity index (χ1v) is 7.57. The minimum atomic E-state index is 0.495. The third-order valence-corrected chi connectivity index (χ3v) is 4.39. The Morgan fingerprint density at radius 2 is 2.20 bits per heavy atom. The highest BCUT2D eigenvalue weighted by Crippen LogP contribution is 2.32. The van der Waals surface area contributed by atoms with Crippen molar-refractivity contribution in [1.29, 1.82) is 0 Å². The maximum absolute atomic E-state index is 6.30. The molecule has 4 heteroatoms. The van der Waals surface area contributed by atoms with E-state index in [0.29, 0.717) is 12.0 Å². The molecule has 1 aromatic heterocycles. The molecule has 106 valence electrons. The summed E-state index contributed by atoms with van der Waals surface area (Å²) in [5.41, 5.74) is 2.21. The van der Waals surface area contributed by atoms with Crippen molar-refractivity contribution in [2.75, 3.05) is 24.5 Å². The number of piperazine rings is 1. The molecule has 0 aliphatic carbocycles. The summed E-state index contributed by atoms with van der Waals surface area (Å²) in [5, 5.41) is 5.29. The SMILES string of the molecule is CC(C)C1CNCCN1c1ccc(Cl)c2cccnc12. The molecule has 1 saturated heterocycles. The number of hydrogen-bond acceptors (Lipinski definition) is 3. The lowest BCUT2D eigenvalue weighted by molar-refractivity contribution is 0.391. The van der Waals surface area contributed by atoms with Crippen LogP contribution in [-0.4, -0.2) is 30.7 Å². The van der Waals surface area contributed by atoms with Crippen molar-refractivity contribution < 1.29 is 0 Å². The van der Waals surface area contributed by atoms with E-state index in [9.17, 15) is 0 Å². The number of nitrogens with one attached hydrogen (secondary N) is 1. The Hall–Kier alpha value is -1.32. The molecule has 2 heterocycles. The quantitative estimate of drug-likeness (QED) is 0.919. The number of hydrogen-bond donors (Lipinski definition) is 1. The standard InChI is InChI=1S/C16H20ClN3/c1-11(2)15-10-18-8-9-20(15)14-6-5-13(17)12-4-3-7-19-16(12)14/h3-7,11,15,18H,8-10H2,1-2H3. The molecule has 1 atom stereocenters. The van der Waals surface area contributed by atoms with Crippen LogP contribution >= 0.6 is 11.6 Å². The van der Waals surface area contributed by atoms with Gasteiger partial charge in [0, 0.05) is 37.3 Å². The van der Waals surface area contributed by atoms with Gasteiger partial charge in [-0.25, -0.2) is 0 Å². The minimum absolute atomic E-state index is 0.495. The zero-order valence-electron chi connectivity index (χ0n) is 11.9. The first-order chi connectivity index (χ1) is 9.68. The van der Waals surface area contributed by atoms with Crippen LogP contribution in [0.3, 0.4) is 0 Å². The normalized spacial score (nSPS) is 19.8. The Labute approximate surface area is 124 Å². The van der Waals surface area contributed by atoms with Gasteiger partial charge in [0.25, 0.3) is 0 Å². The zero-order chi connectivity index (χ0) is 14.1. The molecule has 0 bridgehead atoms. The number of benzene rings is 1. The second-order valence-electron chi connectivity index (χ2n) is 5.67. The largest absolute Gasteiger partial charge is 0.364 e. The lowest BCUT2D eigenvalue weighted by Gasteiger charge is -2.40. The molecule has 0 saturated carbocycles. The lowest BCUT2D eigenvalue weighted by Crippen LogP contribution is -2.53. The van der Waals surface area contributed by atoms with E-state index < -0.39 is 0 Å². The van der Waals surface area contributed by atoms with Crippen LogP contribution in [0.1, 0.15) is 13.8 Å². The molecule has 1 fully saturated rings. The molecule has 1 unspecified atom stereocenters. The van der Waals surface area contributed by atoms with E-state index in [1.165, 1.54) is 5.69 Å². The fourth-order valence-electron chi connectivity index (χ4n) is 2.97. The second-order valence-corrected chi connectivity index (χ2v) is 6.08. The maximum Gasteiger partial charge on any atom is 0.0950 e. The van der Waals surface area contributed by atoms with Crippen molar-refractivity contribution in [3.05, 3.63) is 35.5 Å². The average Bonchev–Trinajstić information content (AvgIpc) is 2.48. The van der Waals surface area contributed by atoms with Crippen LogP contribution in [0.15, 0.2) is 30.5 Å². The van der Waals surface area contributed by atoms with Gasteiger partial charge in [0.15, 0.2) is 0 Å². The van der Waals surface area contributed by atoms with E-state index in [-0.39, 0.29) is 0 Å². The number of aromatic nitrogens is 1. The zero-order valence-corrected chi connectivity index (χ0v) is 12.7. The van der Waals surface area contributed by atoms with Gasteiger partial charge in [-0.15, -0.1) is 0 Å². The van der Waals surface area contributed by atoms with E-state index in [0.717, 1.165) is 35.6 Å². The number of rotatable bonds is 2. The average molecular weight is 290 g/mol. The molecule has 3 nitrogen and oxygen atoms in total. The van der Waals surface area contributed by atoms with Crippen LogP contribution in [0, 0.1) is 5.92 Å². The predicted molar refractivity (Wildman–Crippen MR) is 85.6 cm³/mol. The van der Waals surface area contributed by atoms with Crippen molar-refractivity contribution >= 4 is 28.2 Å². The number of anilines is 1. The van der Waals surface area contributed by atoms with Crippen molar-refractivity contribution in [3.8, 4) is 0 Å². The van der Waals surface area contributed by atoms with Gasteiger partial charge in [-0.05, 0) is 30.2 Å². The molecular formula is C16H20ClN3. The summed E-state index contributed by atoms with van der Waals surface area (Å²) in [4.78, 5) is 7.04. The van der Waals surface area contributed by atoms with Crippen molar-refractivity contribution in [1.82, 2.24) is 10.3 Å². The Balaban J connectivity index is 2.11. The molecular weight excluding hydrogens is 270 g/mol. The third kappa shape index (κ3) is 2.36. The fraction of sp³-hybridized carbons (Fsp3) is 0.438. The summed E-state index contributed by atoms with van der Waals surface area (Å²) in [6.45, 7) is 7.59. The molecule has 20 heavy (non-hydrogen) atoms. The Kier molecular flexibility index (Phi) is 3.81. The van der Waals surface area contributed by atoms with E-state index in [1.807, 2.05) is 24.4 Å². The van der Waals surface area contributed by atoms with Crippen LogP contribution in [0.4, 0.5) is 5.69 Å². The topological polar surface area (TPSA) is 28.2 Å². The number of nitrogens with zero attached hydrogens (tertiary/aromatic N) is 2. The van der Waals surface area contributed by atoms with Crippen molar-refractivity contribution in [2.24, 2.45) is 5.92 Å². The lowest BCUT2D eigenvalue weighted by atomic mass is 9.99. The van der Waals surface area contributed by atoms with Crippen LogP contribution in [0.5, 0.6) is 0 Å². The first kappa shape index (κ1) is 13.7. The van der Waals surface area contributed by atoms with Gasteiger partial charge in [0.2, 0.25) is 0 Å². The Morgan fingerprint density at radius 3 is 3.00 bits per heavy atom. The van der Waals surface area contributed by atoms with E-state index in [2.05, 4.69) is 35.1 Å². The van der Waals surface area contributed by atoms with E-state index >= 15 is 0 Å². The van der Waals surface area contributed by atoms with Gasteiger partial charge >= 0.3 is 0 Å². The molecule has 3 rings (SSSR count). The molecule has 0 spiro atoms. The molecule has 1 aromatic carbocycles. The number of pyridine rings is 1. The first-order valence-electron chi connectivity index (χ1n) is 7.19. The second kappa shape index (κ2) is 5.58. The molecule has 1 aliphatic rings. The van der Waals surface area contributed by atoms with Crippen molar-refractivity contribution in [3.63, 3.8) is 0 Å². The van der Waals surface area contributed by atoms with Gasteiger partial charge in [-0.3, -0.25) is 4.98 Å². The Bertz CT molecular complexity index is 612. The minimum Gasteiger partial charge on any atom is -0.364 e. The van der Waals surface area contributed by atoms with Crippen LogP contribution in [-0.2, 0) is 0 Å². The summed E-state index contributed by atoms with van der Waals surface area (Å²) >= 11 is 6.30. The van der Waals surface area contributed by atoms with Gasteiger partial charge < -0.3 is 10.2 Å². The predicted octanol–water partition coefficient (Wildman–Crippen LogP) is 3.32. The van der Waals surface area contributed by atoms with Crippen LogP contribution < -0.4 is 10.2 Å².